The molecule has 82 valence electrons. The fraction of sp³-hybridized carbons (Fsp3) is 0.100. The molecule has 0 fully saturated rings. The van der Waals surface area contributed by atoms with Crippen molar-refractivity contribution in [3.8, 4) is 0 Å². The van der Waals surface area contributed by atoms with Gasteiger partial charge in [-0.3, -0.25) is 10.1 Å². The van der Waals surface area contributed by atoms with Crippen molar-refractivity contribution in [3.05, 3.63) is 46.3 Å². The van der Waals surface area contributed by atoms with Crippen molar-refractivity contribution in [2.75, 3.05) is 0 Å². The second-order valence-electron chi connectivity index (χ2n) is 3.20. The lowest BCUT2D eigenvalue weighted by molar-refractivity contribution is -0.385. The van der Waals surface area contributed by atoms with Gasteiger partial charge in [-0.2, -0.15) is 0 Å². The molecule has 0 aliphatic rings. The lowest BCUT2D eigenvalue weighted by Gasteiger charge is -2.00. The van der Waals surface area contributed by atoms with E-state index in [1.807, 2.05) is 0 Å². The number of H-pyrrole nitrogens is 1. The van der Waals surface area contributed by atoms with E-state index in [-0.39, 0.29) is 10.6 Å². The van der Waals surface area contributed by atoms with Gasteiger partial charge in [0, 0.05) is 28.9 Å². The zero-order chi connectivity index (χ0) is 11.5. The van der Waals surface area contributed by atoms with Gasteiger partial charge < -0.3 is 4.98 Å². The second kappa shape index (κ2) is 4.36. The molecule has 6 heteroatoms. The van der Waals surface area contributed by atoms with Crippen LogP contribution >= 0.6 is 11.8 Å². The number of nitrogens with zero attached hydrogens (tertiary/aromatic N) is 2. The number of hydrogen-bond acceptors (Lipinski definition) is 4. The average molecular weight is 235 g/mol. The summed E-state index contributed by atoms with van der Waals surface area (Å²) in [5.41, 5.74) is 0.797. The minimum Gasteiger partial charge on any atom is -0.339 e. The molecule has 0 unspecified atom stereocenters. The Balaban J connectivity index is 2.24. The summed E-state index contributed by atoms with van der Waals surface area (Å²) in [6.07, 6.45) is 3.40. The third-order valence-corrected chi connectivity index (χ3v) is 2.96. The number of imidazole rings is 1. The topological polar surface area (TPSA) is 71.8 Å². The van der Waals surface area contributed by atoms with Gasteiger partial charge in [0.2, 0.25) is 0 Å². The Kier molecular flexibility index (Phi) is 2.91. The van der Waals surface area contributed by atoms with Crippen molar-refractivity contribution in [3.63, 3.8) is 0 Å². The van der Waals surface area contributed by atoms with Crippen molar-refractivity contribution in [1.82, 2.24) is 9.97 Å². The van der Waals surface area contributed by atoms with Crippen LogP contribution in [0.3, 0.4) is 0 Å². The third kappa shape index (κ3) is 2.22. The highest BCUT2D eigenvalue weighted by molar-refractivity contribution is 7.99. The molecular formula is C10H9N3O2S. The van der Waals surface area contributed by atoms with Crippen molar-refractivity contribution in [2.24, 2.45) is 0 Å². The molecule has 0 saturated carbocycles. The molecule has 0 spiro atoms. The third-order valence-electron chi connectivity index (χ3n) is 2.05. The first-order valence-electron chi connectivity index (χ1n) is 4.59. The normalized spacial score (nSPS) is 10.3. The van der Waals surface area contributed by atoms with Crippen LogP contribution in [0, 0.1) is 17.0 Å². The van der Waals surface area contributed by atoms with E-state index in [4.69, 9.17) is 0 Å². The number of aromatic nitrogens is 2. The molecule has 0 saturated heterocycles. The molecule has 0 aliphatic heterocycles. The van der Waals surface area contributed by atoms with E-state index in [1.54, 1.807) is 31.5 Å². The molecule has 0 bridgehead atoms. The average Bonchev–Trinajstić information content (AvgIpc) is 2.70. The Morgan fingerprint density at radius 1 is 1.50 bits per heavy atom. The lowest BCUT2D eigenvalue weighted by atomic mass is 10.2. The Hall–Kier alpha value is -1.82. The summed E-state index contributed by atoms with van der Waals surface area (Å²) < 4.78 is 0. The first kappa shape index (κ1) is 10.7. The SMILES string of the molecule is Cc1cc(Sc2ncc[nH]2)ccc1[N+](=O)[O-]. The number of hydrogen-bond donors (Lipinski definition) is 1. The minimum atomic E-state index is -0.378. The number of nitro groups is 1. The molecule has 0 aliphatic carbocycles. The summed E-state index contributed by atoms with van der Waals surface area (Å²) in [6, 6.07) is 5.02. The van der Waals surface area contributed by atoms with E-state index < -0.39 is 0 Å². The molecular weight excluding hydrogens is 226 g/mol. The standard InChI is InChI=1S/C10H9N3O2S/c1-7-6-8(2-3-9(7)13(14)15)16-10-11-4-5-12-10/h2-6H,1H3,(H,11,12). The monoisotopic (exact) mass is 235 g/mol. The molecule has 0 radical (unpaired) electrons. The number of benzene rings is 1. The van der Waals surface area contributed by atoms with E-state index in [0.29, 0.717) is 5.56 Å². The van der Waals surface area contributed by atoms with E-state index in [9.17, 15) is 10.1 Å². The Bertz CT molecular complexity index is 511. The molecule has 0 atom stereocenters. The molecule has 0 amide bonds. The first-order chi connectivity index (χ1) is 7.66. The van der Waals surface area contributed by atoms with Gasteiger partial charge in [0.1, 0.15) is 0 Å². The highest BCUT2D eigenvalue weighted by Gasteiger charge is 2.10. The van der Waals surface area contributed by atoms with Crippen LogP contribution in [0.15, 0.2) is 40.6 Å². The largest absolute Gasteiger partial charge is 0.339 e. The van der Waals surface area contributed by atoms with Crippen LogP contribution < -0.4 is 0 Å². The summed E-state index contributed by atoms with van der Waals surface area (Å²) in [7, 11) is 0. The summed E-state index contributed by atoms with van der Waals surface area (Å²) in [5, 5.41) is 11.4. The van der Waals surface area contributed by atoms with Gasteiger partial charge in [0.15, 0.2) is 5.16 Å². The van der Waals surface area contributed by atoms with Crippen LogP contribution in [0.2, 0.25) is 0 Å². The van der Waals surface area contributed by atoms with Crippen LogP contribution in [0.1, 0.15) is 5.56 Å². The van der Waals surface area contributed by atoms with Crippen molar-refractivity contribution in [2.45, 2.75) is 17.0 Å². The van der Waals surface area contributed by atoms with Crippen molar-refractivity contribution in [1.29, 1.82) is 0 Å². The molecule has 1 N–H and O–H groups in total. The maximum atomic E-state index is 10.6. The predicted octanol–water partition coefficient (Wildman–Crippen LogP) is 2.78. The van der Waals surface area contributed by atoms with Crippen LogP contribution in [-0.4, -0.2) is 14.9 Å². The molecule has 2 rings (SSSR count). The van der Waals surface area contributed by atoms with Crippen LogP contribution in [0.4, 0.5) is 5.69 Å². The molecule has 16 heavy (non-hydrogen) atoms. The second-order valence-corrected chi connectivity index (χ2v) is 4.26. The van der Waals surface area contributed by atoms with Crippen LogP contribution in [0.25, 0.3) is 0 Å². The predicted molar refractivity (Wildman–Crippen MR) is 60.5 cm³/mol. The Labute approximate surface area is 96.1 Å². The maximum Gasteiger partial charge on any atom is 0.272 e. The smallest absolute Gasteiger partial charge is 0.272 e. The Morgan fingerprint density at radius 2 is 2.31 bits per heavy atom. The van der Waals surface area contributed by atoms with Gasteiger partial charge >= 0.3 is 0 Å². The van der Waals surface area contributed by atoms with Gasteiger partial charge in [0.25, 0.3) is 5.69 Å². The quantitative estimate of drug-likeness (QED) is 0.655. The molecule has 2 aromatic rings. The summed E-state index contributed by atoms with van der Waals surface area (Å²) in [6.45, 7) is 1.73. The van der Waals surface area contributed by atoms with E-state index in [2.05, 4.69) is 9.97 Å². The molecule has 5 nitrogen and oxygen atoms in total. The zero-order valence-electron chi connectivity index (χ0n) is 8.51. The summed E-state index contributed by atoms with van der Waals surface area (Å²) >= 11 is 1.44. The number of aryl methyl sites for hydroxylation is 1. The molecule has 1 heterocycles. The molecule has 1 aromatic heterocycles. The van der Waals surface area contributed by atoms with Crippen LogP contribution in [0.5, 0.6) is 0 Å². The fourth-order valence-corrected chi connectivity index (χ4v) is 2.15. The lowest BCUT2D eigenvalue weighted by Crippen LogP contribution is -1.91. The number of nitrogens with one attached hydrogen (secondary N) is 1. The number of rotatable bonds is 3. The van der Waals surface area contributed by atoms with E-state index in [0.717, 1.165) is 10.1 Å². The summed E-state index contributed by atoms with van der Waals surface area (Å²) in [5.74, 6) is 0. The summed E-state index contributed by atoms with van der Waals surface area (Å²) in [4.78, 5) is 18.2. The highest BCUT2D eigenvalue weighted by atomic mass is 32.2. The van der Waals surface area contributed by atoms with Gasteiger partial charge in [-0.25, -0.2) is 4.98 Å². The van der Waals surface area contributed by atoms with Gasteiger partial charge in [-0.15, -0.1) is 0 Å². The first-order valence-corrected chi connectivity index (χ1v) is 5.41. The zero-order valence-corrected chi connectivity index (χ0v) is 9.32. The highest BCUT2D eigenvalue weighted by Crippen LogP contribution is 2.28. The van der Waals surface area contributed by atoms with Gasteiger partial charge in [-0.05, 0) is 19.1 Å². The van der Waals surface area contributed by atoms with Crippen LogP contribution in [-0.2, 0) is 0 Å². The van der Waals surface area contributed by atoms with Gasteiger partial charge in [0.05, 0.1) is 4.92 Å². The van der Waals surface area contributed by atoms with Gasteiger partial charge in [-0.1, -0.05) is 11.8 Å². The fourth-order valence-electron chi connectivity index (χ4n) is 1.31. The van der Waals surface area contributed by atoms with E-state index >= 15 is 0 Å². The maximum absolute atomic E-state index is 10.6. The van der Waals surface area contributed by atoms with Crippen molar-refractivity contribution < 1.29 is 4.92 Å². The minimum absolute atomic E-state index is 0.142. The number of nitro benzene ring substituents is 1. The Morgan fingerprint density at radius 3 is 2.88 bits per heavy atom. The van der Waals surface area contributed by atoms with E-state index in [1.165, 1.54) is 17.8 Å². The molecule has 1 aromatic carbocycles. The van der Waals surface area contributed by atoms with Crippen molar-refractivity contribution >= 4 is 17.4 Å². The number of aromatic amines is 1.